The summed E-state index contributed by atoms with van der Waals surface area (Å²) in [6, 6.07) is 1.91. The number of carbonyl (C=O) groups excluding carboxylic acids is 1. The fraction of sp³-hybridized carbons (Fsp3) is 0.545. The SMILES string of the molecule is CN(C)CCN(C)CC(=O)c1sccc1Br. The second kappa shape index (κ2) is 6.49. The fourth-order valence-corrected chi connectivity index (χ4v) is 2.78. The van der Waals surface area contributed by atoms with Crippen LogP contribution in [-0.2, 0) is 0 Å². The number of hydrogen-bond donors (Lipinski definition) is 0. The Morgan fingerprint density at radius 3 is 2.56 bits per heavy atom. The average molecular weight is 305 g/mol. The molecule has 0 bridgehead atoms. The monoisotopic (exact) mass is 304 g/mol. The molecule has 0 fully saturated rings. The summed E-state index contributed by atoms with van der Waals surface area (Å²) in [6.07, 6.45) is 0. The first-order chi connectivity index (χ1) is 7.50. The van der Waals surface area contributed by atoms with Gasteiger partial charge in [0.1, 0.15) is 0 Å². The maximum atomic E-state index is 11.9. The summed E-state index contributed by atoms with van der Waals surface area (Å²) in [4.78, 5) is 16.9. The van der Waals surface area contributed by atoms with Gasteiger partial charge in [0.25, 0.3) is 0 Å². The molecule has 0 aliphatic carbocycles. The van der Waals surface area contributed by atoms with E-state index >= 15 is 0 Å². The number of likely N-dealkylation sites (N-methyl/N-ethyl adjacent to an activating group) is 2. The van der Waals surface area contributed by atoms with E-state index in [1.54, 1.807) is 0 Å². The molecule has 5 heteroatoms. The van der Waals surface area contributed by atoms with Crippen molar-refractivity contribution in [2.24, 2.45) is 0 Å². The molecule has 0 saturated carbocycles. The molecule has 0 aromatic carbocycles. The zero-order valence-corrected chi connectivity index (χ0v) is 12.3. The Labute approximate surface area is 109 Å². The first kappa shape index (κ1) is 13.8. The van der Waals surface area contributed by atoms with E-state index < -0.39 is 0 Å². The molecule has 0 amide bonds. The van der Waals surface area contributed by atoms with Crippen LogP contribution in [0.5, 0.6) is 0 Å². The third-order valence-electron chi connectivity index (χ3n) is 2.21. The third-order valence-corrected chi connectivity index (χ3v) is 4.09. The summed E-state index contributed by atoms with van der Waals surface area (Å²) in [5, 5.41) is 1.93. The van der Waals surface area contributed by atoms with E-state index in [-0.39, 0.29) is 5.78 Å². The largest absolute Gasteiger partial charge is 0.308 e. The molecule has 1 aromatic rings. The highest BCUT2D eigenvalue weighted by Gasteiger charge is 2.13. The second-order valence-electron chi connectivity index (χ2n) is 4.06. The molecular weight excluding hydrogens is 288 g/mol. The molecule has 0 unspecified atom stereocenters. The highest BCUT2D eigenvalue weighted by Crippen LogP contribution is 2.23. The minimum atomic E-state index is 0.183. The molecule has 0 atom stereocenters. The minimum absolute atomic E-state index is 0.183. The van der Waals surface area contributed by atoms with Crippen LogP contribution in [-0.4, -0.2) is 56.4 Å². The second-order valence-corrected chi connectivity index (χ2v) is 5.83. The minimum Gasteiger partial charge on any atom is -0.308 e. The summed E-state index contributed by atoms with van der Waals surface area (Å²) in [5.41, 5.74) is 0. The maximum absolute atomic E-state index is 11.9. The summed E-state index contributed by atoms with van der Waals surface area (Å²) < 4.78 is 0.906. The van der Waals surface area contributed by atoms with Crippen LogP contribution in [0.4, 0.5) is 0 Å². The summed E-state index contributed by atoms with van der Waals surface area (Å²) in [7, 11) is 6.04. The van der Waals surface area contributed by atoms with Crippen molar-refractivity contribution < 1.29 is 4.79 Å². The van der Waals surface area contributed by atoms with Crippen molar-refractivity contribution in [1.82, 2.24) is 9.80 Å². The summed E-state index contributed by atoms with van der Waals surface area (Å²) in [5.74, 6) is 0.183. The van der Waals surface area contributed by atoms with Crippen LogP contribution in [0.3, 0.4) is 0 Å². The number of rotatable bonds is 6. The Balaban J connectivity index is 2.43. The van der Waals surface area contributed by atoms with E-state index in [0.29, 0.717) is 6.54 Å². The fourth-order valence-electron chi connectivity index (χ4n) is 1.26. The predicted molar refractivity (Wildman–Crippen MR) is 72.4 cm³/mol. The Morgan fingerprint density at radius 2 is 2.06 bits per heavy atom. The van der Waals surface area contributed by atoms with Gasteiger partial charge in [-0.25, -0.2) is 0 Å². The molecule has 1 heterocycles. The van der Waals surface area contributed by atoms with Gasteiger partial charge >= 0.3 is 0 Å². The van der Waals surface area contributed by atoms with Crippen LogP contribution in [0.1, 0.15) is 9.67 Å². The van der Waals surface area contributed by atoms with E-state index in [2.05, 4.69) is 25.7 Å². The first-order valence-corrected chi connectivity index (χ1v) is 6.77. The normalized spacial score (nSPS) is 11.4. The predicted octanol–water partition coefficient (Wildman–Crippen LogP) is 2.19. The lowest BCUT2D eigenvalue weighted by atomic mass is 10.3. The van der Waals surface area contributed by atoms with Crippen LogP contribution in [0.15, 0.2) is 15.9 Å². The van der Waals surface area contributed by atoms with Gasteiger partial charge in [0.2, 0.25) is 0 Å². The van der Waals surface area contributed by atoms with Gasteiger partial charge in [-0.15, -0.1) is 11.3 Å². The number of hydrogen-bond acceptors (Lipinski definition) is 4. The quantitative estimate of drug-likeness (QED) is 0.753. The Bertz CT molecular complexity index is 352. The van der Waals surface area contributed by atoms with Gasteiger partial charge in [0.15, 0.2) is 5.78 Å². The molecule has 0 spiro atoms. The van der Waals surface area contributed by atoms with Crippen molar-refractivity contribution in [1.29, 1.82) is 0 Å². The van der Waals surface area contributed by atoms with Crippen molar-refractivity contribution in [3.05, 3.63) is 20.8 Å². The van der Waals surface area contributed by atoms with Gasteiger partial charge in [0, 0.05) is 17.6 Å². The van der Waals surface area contributed by atoms with E-state index in [1.807, 2.05) is 32.6 Å². The van der Waals surface area contributed by atoms with E-state index in [0.717, 1.165) is 22.4 Å². The average Bonchev–Trinajstić information content (AvgIpc) is 2.61. The van der Waals surface area contributed by atoms with Crippen LogP contribution in [0, 0.1) is 0 Å². The molecular formula is C11H17BrN2OS. The van der Waals surface area contributed by atoms with E-state index in [1.165, 1.54) is 11.3 Å². The molecule has 0 N–H and O–H groups in total. The summed E-state index contributed by atoms with van der Waals surface area (Å²) >= 11 is 4.87. The Morgan fingerprint density at radius 1 is 1.38 bits per heavy atom. The van der Waals surface area contributed by atoms with E-state index in [9.17, 15) is 4.79 Å². The number of halogens is 1. The van der Waals surface area contributed by atoms with Crippen molar-refractivity contribution >= 4 is 33.0 Å². The molecule has 1 aromatic heterocycles. The van der Waals surface area contributed by atoms with Crippen LogP contribution in [0.25, 0.3) is 0 Å². The molecule has 0 saturated heterocycles. The lowest BCUT2D eigenvalue weighted by Crippen LogP contribution is -2.32. The number of nitrogens with zero attached hydrogens (tertiary/aromatic N) is 2. The smallest absolute Gasteiger partial charge is 0.187 e. The van der Waals surface area contributed by atoms with Crippen molar-refractivity contribution in [3.63, 3.8) is 0 Å². The van der Waals surface area contributed by atoms with Crippen LogP contribution in [0.2, 0.25) is 0 Å². The standard InChI is InChI=1S/C11H17BrN2OS/c1-13(2)5-6-14(3)8-10(15)11-9(12)4-7-16-11/h4,7H,5-6,8H2,1-3H3. The molecule has 90 valence electrons. The van der Waals surface area contributed by atoms with Crippen molar-refractivity contribution in [2.75, 3.05) is 40.8 Å². The number of carbonyl (C=O) groups is 1. The van der Waals surface area contributed by atoms with Crippen LogP contribution >= 0.6 is 27.3 Å². The van der Waals surface area contributed by atoms with Crippen molar-refractivity contribution in [2.45, 2.75) is 0 Å². The molecule has 1 rings (SSSR count). The van der Waals surface area contributed by atoms with E-state index in [4.69, 9.17) is 0 Å². The highest BCUT2D eigenvalue weighted by molar-refractivity contribution is 9.10. The topological polar surface area (TPSA) is 23.6 Å². The van der Waals surface area contributed by atoms with Gasteiger partial charge in [0.05, 0.1) is 11.4 Å². The summed E-state index contributed by atoms with van der Waals surface area (Å²) in [6.45, 7) is 2.35. The van der Waals surface area contributed by atoms with Gasteiger partial charge in [-0.3, -0.25) is 9.69 Å². The van der Waals surface area contributed by atoms with Gasteiger partial charge in [-0.1, -0.05) is 0 Å². The molecule has 0 radical (unpaired) electrons. The Kier molecular flexibility index (Phi) is 5.61. The number of ketones is 1. The third kappa shape index (κ3) is 4.33. The number of thiophene rings is 1. The van der Waals surface area contributed by atoms with Crippen molar-refractivity contribution in [3.8, 4) is 0 Å². The number of Topliss-reactive ketones (excluding diaryl/α,β-unsaturated/α-hetero) is 1. The molecule has 16 heavy (non-hydrogen) atoms. The first-order valence-electron chi connectivity index (χ1n) is 5.10. The van der Waals surface area contributed by atoms with Gasteiger partial charge < -0.3 is 4.90 Å². The van der Waals surface area contributed by atoms with Gasteiger partial charge in [-0.05, 0) is 48.5 Å². The maximum Gasteiger partial charge on any atom is 0.187 e. The van der Waals surface area contributed by atoms with Gasteiger partial charge in [-0.2, -0.15) is 0 Å². The zero-order valence-electron chi connectivity index (χ0n) is 9.86. The zero-order chi connectivity index (χ0) is 12.1. The lowest BCUT2D eigenvalue weighted by Gasteiger charge is -2.18. The highest BCUT2D eigenvalue weighted by atomic mass is 79.9. The van der Waals surface area contributed by atoms with Crippen LogP contribution < -0.4 is 0 Å². The molecule has 3 nitrogen and oxygen atoms in total. The Hall–Kier alpha value is -0.230. The molecule has 0 aliphatic rings. The molecule has 0 aliphatic heterocycles. The lowest BCUT2D eigenvalue weighted by molar-refractivity contribution is 0.0946.